The van der Waals surface area contributed by atoms with Crippen LogP contribution < -0.4 is 10.6 Å². The van der Waals surface area contributed by atoms with Gasteiger partial charge in [-0.3, -0.25) is 14.5 Å². The van der Waals surface area contributed by atoms with Crippen molar-refractivity contribution in [3.63, 3.8) is 0 Å². The van der Waals surface area contributed by atoms with Crippen molar-refractivity contribution in [1.82, 2.24) is 15.1 Å². The molecule has 5 heterocycles. The second kappa shape index (κ2) is 5.55. The fourth-order valence-corrected chi connectivity index (χ4v) is 6.62. The standard InChI is InChI=1S/C21H26N4O2/c26-19(24-11-13-9-22-10-14(13)12-24)17-8-15-4-3-7-25(15)21(17)16-5-1-2-6-18(16)23-20(21)27/h1-2,5-6,13-15,17,22H,3-4,7-12H2,(H,23,27)/t13-,14+,15-,17+,21+/m1/s1. The van der Waals surface area contributed by atoms with E-state index in [9.17, 15) is 9.59 Å². The van der Waals surface area contributed by atoms with Crippen LogP contribution in [0.25, 0.3) is 0 Å². The molecule has 0 radical (unpaired) electrons. The number of para-hydroxylation sites is 1. The van der Waals surface area contributed by atoms with Crippen LogP contribution >= 0.6 is 0 Å². The van der Waals surface area contributed by atoms with Crippen LogP contribution in [0.4, 0.5) is 5.69 Å². The van der Waals surface area contributed by atoms with E-state index in [1.54, 1.807) is 0 Å². The van der Waals surface area contributed by atoms with Crippen LogP contribution in [0.1, 0.15) is 24.8 Å². The smallest absolute Gasteiger partial charge is 0.250 e. The third-order valence-corrected chi connectivity index (χ3v) is 7.77. The molecule has 6 heteroatoms. The lowest BCUT2D eigenvalue weighted by atomic mass is 9.78. The summed E-state index contributed by atoms with van der Waals surface area (Å²) in [5, 5.41) is 6.54. The molecule has 6 rings (SSSR count). The Labute approximate surface area is 159 Å². The van der Waals surface area contributed by atoms with Crippen LogP contribution in [0.2, 0.25) is 0 Å². The normalized spacial score (nSPS) is 39.7. The molecule has 2 amide bonds. The van der Waals surface area contributed by atoms with Gasteiger partial charge in [0.1, 0.15) is 5.54 Å². The largest absolute Gasteiger partial charge is 0.342 e. The van der Waals surface area contributed by atoms with E-state index < -0.39 is 5.54 Å². The van der Waals surface area contributed by atoms with Crippen LogP contribution in [-0.4, -0.2) is 60.4 Å². The molecular weight excluding hydrogens is 340 g/mol. The summed E-state index contributed by atoms with van der Waals surface area (Å²) >= 11 is 0. The highest BCUT2D eigenvalue weighted by atomic mass is 16.2. The second-order valence-corrected chi connectivity index (χ2v) is 8.97. The molecule has 2 N–H and O–H groups in total. The van der Waals surface area contributed by atoms with Crippen molar-refractivity contribution in [2.24, 2.45) is 17.8 Å². The molecule has 4 saturated heterocycles. The van der Waals surface area contributed by atoms with Crippen molar-refractivity contribution < 1.29 is 9.59 Å². The quantitative estimate of drug-likeness (QED) is 0.778. The van der Waals surface area contributed by atoms with Crippen LogP contribution in [0.15, 0.2) is 24.3 Å². The van der Waals surface area contributed by atoms with E-state index in [0.717, 1.165) is 63.2 Å². The molecule has 1 aromatic rings. The minimum absolute atomic E-state index is 0.00695. The first-order valence-electron chi connectivity index (χ1n) is 10.4. The highest BCUT2D eigenvalue weighted by Crippen LogP contribution is 2.55. The summed E-state index contributed by atoms with van der Waals surface area (Å²) in [4.78, 5) is 31.5. The molecule has 0 aliphatic carbocycles. The molecule has 5 aliphatic heterocycles. The van der Waals surface area contributed by atoms with Gasteiger partial charge >= 0.3 is 0 Å². The molecular formula is C21H26N4O2. The lowest BCUT2D eigenvalue weighted by Gasteiger charge is -2.37. The summed E-state index contributed by atoms with van der Waals surface area (Å²) in [6.07, 6.45) is 3.02. The Morgan fingerprint density at radius 3 is 2.74 bits per heavy atom. The maximum Gasteiger partial charge on any atom is 0.250 e. The minimum Gasteiger partial charge on any atom is -0.342 e. The van der Waals surface area contributed by atoms with Gasteiger partial charge in [0.05, 0.1) is 5.92 Å². The summed E-state index contributed by atoms with van der Waals surface area (Å²) in [7, 11) is 0. The number of nitrogens with one attached hydrogen (secondary N) is 2. The van der Waals surface area contributed by atoms with Gasteiger partial charge < -0.3 is 15.5 Å². The Hall–Kier alpha value is -1.92. The number of carbonyl (C=O) groups is 2. The van der Waals surface area contributed by atoms with E-state index >= 15 is 0 Å². The van der Waals surface area contributed by atoms with E-state index in [1.807, 2.05) is 18.2 Å². The lowest BCUT2D eigenvalue weighted by Crippen LogP contribution is -2.54. The monoisotopic (exact) mass is 366 g/mol. The number of anilines is 1. The molecule has 1 aromatic carbocycles. The zero-order valence-corrected chi connectivity index (χ0v) is 15.5. The molecule has 0 aromatic heterocycles. The maximum atomic E-state index is 13.7. The molecule has 0 bridgehead atoms. The zero-order chi connectivity index (χ0) is 18.2. The molecule has 6 nitrogen and oxygen atoms in total. The van der Waals surface area contributed by atoms with Crippen molar-refractivity contribution in [1.29, 1.82) is 0 Å². The first-order valence-corrected chi connectivity index (χ1v) is 10.4. The molecule has 1 spiro atoms. The van der Waals surface area contributed by atoms with Gasteiger partial charge in [0.25, 0.3) is 0 Å². The van der Waals surface area contributed by atoms with E-state index in [2.05, 4.69) is 26.5 Å². The van der Waals surface area contributed by atoms with Gasteiger partial charge in [-0.05, 0) is 43.7 Å². The van der Waals surface area contributed by atoms with Crippen molar-refractivity contribution in [2.75, 3.05) is 38.0 Å². The predicted octanol–water partition coefficient (Wildman–Crippen LogP) is 0.996. The first-order chi connectivity index (χ1) is 13.2. The highest BCUT2D eigenvalue weighted by molar-refractivity contribution is 6.09. The van der Waals surface area contributed by atoms with Gasteiger partial charge in [-0.25, -0.2) is 0 Å². The number of fused-ring (bicyclic) bond motifs is 5. The number of amides is 2. The Kier molecular flexibility index (Phi) is 3.30. The van der Waals surface area contributed by atoms with Crippen molar-refractivity contribution in [2.45, 2.75) is 30.8 Å². The molecule has 0 unspecified atom stereocenters. The second-order valence-electron chi connectivity index (χ2n) is 8.97. The van der Waals surface area contributed by atoms with Gasteiger partial charge in [0.2, 0.25) is 11.8 Å². The molecule has 27 heavy (non-hydrogen) atoms. The lowest BCUT2D eigenvalue weighted by molar-refractivity contribution is -0.143. The average Bonchev–Trinajstić information content (AvgIpc) is 3.42. The Morgan fingerprint density at radius 2 is 1.93 bits per heavy atom. The first kappa shape index (κ1) is 16.1. The molecule has 0 saturated carbocycles. The predicted molar refractivity (Wildman–Crippen MR) is 101 cm³/mol. The molecule has 4 fully saturated rings. The summed E-state index contributed by atoms with van der Waals surface area (Å²) in [6.45, 7) is 4.63. The number of likely N-dealkylation sites (tertiary alicyclic amines) is 1. The summed E-state index contributed by atoms with van der Waals surface area (Å²) in [6, 6.07) is 8.33. The van der Waals surface area contributed by atoms with Crippen LogP contribution in [0.5, 0.6) is 0 Å². The number of hydrogen-bond acceptors (Lipinski definition) is 4. The topological polar surface area (TPSA) is 64.7 Å². The number of rotatable bonds is 1. The van der Waals surface area contributed by atoms with Crippen LogP contribution in [0, 0.1) is 17.8 Å². The van der Waals surface area contributed by atoms with Crippen LogP contribution in [0.3, 0.4) is 0 Å². The zero-order valence-electron chi connectivity index (χ0n) is 15.5. The van der Waals surface area contributed by atoms with Gasteiger partial charge in [-0.15, -0.1) is 0 Å². The van der Waals surface area contributed by atoms with Crippen molar-refractivity contribution >= 4 is 17.5 Å². The molecule has 142 valence electrons. The van der Waals surface area contributed by atoms with E-state index in [-0.39, 0.29) is 17.7 Å². The highest BCUT2D eigenvalue weighted by Gasteiger charge is 2.66. The van der Waals surface area contributed by atoms with Crippen molar-refractivity contribution in [3.05, 3.63) is 29.8 Å². The van der Waals surface area contributed by atoms with E-state index in [1.165, 1.54) is 0 Å². The third-order valence-electron chi connectivity index (χ3n) is 7.77. The Morgan fingerprint density at radius 1 is 1.15 bits per heavy atom. The molecule has 5 aliphatic rings. The summed E-state index contributed by atoms with van der Waals surface area (Å²) in [5.74, 6) is 1.10. The SMILES string of the molecule is O=C([C@@H]1C[C@H]2CCCN2[C@]12C(=O)Nc1ccccc12)N1C[C@H]2CNC[C@H]2C1. The fourth-order valence-electron chi connectivity index (χ4n) is 6.62. The number of hydrogen-bond donors (Lipinski definition) is 2. The van der Waals surface area contributed by atoms with E-state index in [0.29, 0.717) is 17.9 Å². The van der Waals surface area contributed by atoms with Gasteiger partial charge in [-0.1, -0.05) is 18.2 Å². The minimum atomic E-state index is -0.801. The number of nitrogens with zero attached hydrogens (tertiary/aromatic N) is 2. The average molecular weight is 366 g/mol. The number of benzene rings is 1. The van der Waals surface area contributed by atoms with Gasteiger partial charge in [-0.2, -0.15) is 0 Å². The number of carbonyl (C=O) groups excluding carboxylic acids is 2. The molecule has 5 atom stereocenters. The van der Waals surface area contributed by atoms with E-state index in [4.69, 9.17) is 0 Å². The Bertz CT molecular complexity index is 814. The van der Waals surface area contributed by atoms with Crippen LogP contribution in [-0.2, 0) is 15.1 Å². The van der Waals surface area contributed by atoms with Gasteiger partial charge in [0, 0.05) is 43.5 Å². The summed E-state index contributed by atoms with van der Waals surface area (Å²) < 4.78 is 0. The fraction of sp³-hybridized carbons (Fsp3) is 0.619. The third kappa shape index (κ3) is 1.98. The van der Waals surface area contributed by atoms with Crippen molar-refractivity contribution in [3.8, 4) is 0 Å². The summed E-state index contributed by atoms with van der Waals surface area (Å²) in [5.41, 5.74) is 1.10. The van der Waals surface area contributed by atoms with Gasteiger partial charge in [0.15, 0.2) is 0 Å². The Balaban J connectivity index is 1.41. The maximum absolute atomic E-state index is 13.7.